The van der Waals surface area contributed by atoms with Crippen LogP contribution < -0.4 is 0 Å². The second-order valence-electron chi connectivity index (χ2n) is 8.25. The molecule has 0 aliphatic rings. The first kappa shape index (κ1) is 22.6. The van der Waals surface area contributed by atoms with E-state index in [4.69, 9.17) is 11.6 Å². The summed E-state index contributed by atoms with van der Waals surface area (Å²) in [6.45, 7) is 0.485. The molecule has 4 heteroatoms. The molecule has 0 fully saturated rings. The third-order valence-corrected chi connectivity index (χ3v) is 6.28. The molecule has 0 unspecified atom stereocenters. The number of hydrogen-bond acceptors (Lipinski definition) is 2. The van der Waals surface area contributed by atoms with Gasteiger partial charge in [-0.15, -0.1) is 0 Å². The fourth-order valence-electron chi connectivity index (χ4n) is 4.28. The van der Waals surface area contributed by atoms with Crippen LogP contribution in [-0.4, -0.2) is 16.1 Å². The van der Waals surface area contributed by atoms with Gasteiger partial charge >= 0.3 is 0 Å². The van der Waals surface area contributed by atoms with E-state index in [-0.39, 0.29) is 11.6 Å². The highest BCUT2D eigenvalue weighted by atomic mass is 35.5. The zero-order valence-corrected chi connectivity index (χ0v) is 19.7. The first-order valence-corrected chi connectivity index (χ1v) is 11.7. The third kappa shape index (κ3) is 4.59. The van der Waals surface area contributed by atoms with E-state index in [2.05, 4.69) is 0 Å². The van der Waals surface area contributed by atoms with Crippen LogP contribution >= 0.6 is 11.6 Å². The Balaban J connectivity index is 1.79. The van der Waals surface area contributed by atoms with Crippen molar-refractivity contribution >= 4 is 23.2 Å². The van der Waals surface area contributed by atoms with Crippen LogP contribution in [-0.2, 0) is 6.54 Å². The Morgan fingerprint density at radius 3 is 1.74 bits per heavy atom. The molecule has 1 aromatic heterocycles. The number of ketones is 2. The molecule has 0 saturated carbocycles. The average Bonchev–Trinajstić information content (AvgIpc) is 3.28. The summed E-state index contributed by atoms with van der Waals surface area (Å²) in [7, 11) is 0. The molecule has 0 saturated heterocycles. The maximum Gasteiger partial charge on any atom is 0.195 e. The quantitative estimate of drug-likeness (QED) is 0.231. The predicted octanol–water partition coefficient (Wildman–Crippen LogP) is 7.32. The van der Waals surface area contributed by atoms with E-state index < -0.39 is 0 Å². The Hall–Kier alpha value is -4.21. The molecule has 0 radical (unpaired) electrons. The van der Waals surface area contributed by atoms with Crippen molar-refractivity contribution in [1.82, 2.24) is 4.57 Å². The van der Waals surface area contributed by atoms with Crippen LogP contribution in [0.2, 0.25) is 5.02 Å². The van der Waals surface area contributed by atoms with Crippen molar-refractivity contribution in [2.75, 3.05) is 0 Å². The largest absolute Gasteiger partial charge is 0.342 e. The van der Waals surface area contributed by atoms with Gasteiger partial charge in [0.15, 0.2) is 11.6 Å². The van der Waals surface area contributed by atoms with E-state index in [0.29, 0.717) is 45.1 Å². The minimum absolute atomic E-state index is 0.204. The molecule has 4 aromatic carbocycles. The van der Waals surface area contributed by atoms with Gasteiger partial charge in [0.05, 0.1) is 16.8 Å². The topological polar surface area (TPSA) is 39.1 Å². The normalized spacial score (nSPS) is 10.8. The Morgan fingerprint density at radius 1 is 0.629 bits per heavy atom. The molecular weight excluding hydrogens is 454 g/mol. The lowest BCUT2D eigenvalue weighted by Gasteiger charge is -2.13. The first-order valence-electron chi connectivity index (χ1n) is 11.3. The summed E-state index contributed by atoms with van der Waals surface area (Å²) in [6, 6.07) is 35.5. The Morgan fingerprint density at radius 2 is 1.14 bits per heavy atom. The lowest BCUT2D eigenvalue weighted by molar-refractivity contribution is 0.100. The summed E-state index contributed by atoms with van der Waals surface area (Å²) in [6.07, 6.45) is 1.79. The van der Waals surface area contributed by atoms with Crippen molar-refractivity contribution in [3.05, 3.63) is 154 Å². The molecule has 170 valence electrons. The smallest absolute Gasteiger partial charge is 0.195 e. The van der Waals surface area contributed by atoms with Gasteiger partial charge in [0.1, 0.15) is 0 Å². The van der Waals surface area contributed by atoms with Gasteiger partial charge in [-0.05, 0) is 11.6 Å². The van der Waals surface area contributed by atoms with E-state index in [1.54, 1.807) is 36.5 Å². The van der Waals surface area contributed by atoms with Crippen molar-refractivity contribution in [3.63, 3.8) is 0 Å². The number of halogens is 1. The summed E-state index contributed by atoms with van der Waals surface area (Å²) in [4.78, 5) is 27.7. The van der Waals surface area contributed by atoms with E-state index in [1.165, 1.54) is 0 Å². The number of hydrogen-bond donors (Lipinski definition) is 0. The van der Waals surface area contributed by atoms with E-state index in [9.17, 15) is 9.59 Å². The van der Waals surface area contributed by atoms with Crippen LogP contribution in [0.4, 0.5) is 0 Å². The molecular formula is C31H22ClNO2. The molecule has 0 atom stereocenters. The fourth-order valence-corrected chi connectivity index (χ4v) is 4.51. The number of rotatable bonds is 7. The number of nitrogens with zero attached hydrogens (tertiary/aromatic N) is 1. The minimum atomic E-state index is -0.216. The Labute approximate surface area is 209 Å². The van der Waals surface area contributed by atoms with E-state index in [0.717, 1.165) is 5.56 Å². The fraction of sp³-hybridized carbons (Fsp3) is 0.0323. The van der Waals surface area contributed by atoms with E-state index in [1.807, 2.05) is 89.5 Å². The molecule has 0 N–H and O–H groups in total. The monoisotopic (exact) mass is 475 g/mol. The molecule has 0 aliphatic carbocycles. The lowest BCUT2D eigenvalue weighted by Crippen LogP contribution is -2.10. The predicted molar refractivity (Wildman–Crippen MR) is 140 cm³/mol. The van der Waals surface area contributed by atoms with Crippen molar-refractivity contribution < 1.29 is 9.59 Å². The molecule has 0 spiro atoms. The zero-order valence-electron chi connectivity index (χ0n) is 18.9. The summed E-state index contributed by atoms with van der Waals surface area (Å²) >= 11 is 6.65. The third-order valence-electron chi connectivity index (χ3n) is 5.95. The van der Waals surface area contributed by atoms with Crippen molar-refractivity contribution in [1.29, 1.82) is 0 Å². The Kier molecular flexibility index (Phi) is 6.42. The molecule has 5 rings (SSSR count). The highest BCUT2D eigenvalue weighted by molar-refractivity contribution is 6.34. The van der Waals surface area contributed by atoms with Gasteiger partial charge in [0.25, 0.3) is 0 Å². The maximum absolute atomic E-state index is 14.0. The van der Waals surface area contributed by atoms with Gasteiger partial charge in [0.2, 0.25) is 0 Å². The number of carbonyl (C=O) groups is 2. The maximum atomic E-state index is 14.0. The first-order chi connectivity index (χ1) is 17.1. The van der Waals surface area contributed by atoms with Crippen LogP contribution in [0.15, 0.2) is 121 Å². The van der Waals surface area contributed by atoms with Crippen LogP contribution in [0, 0.1) is 0 Å². The standard InChI is InChI=1S/C31H22ClNO2/c32-27-19-11-10-18-25(27)29-28(31(35)24-16-8-3-9-17-24)26(30(34)23-14-6-2-7-15-23)21-33(29)20-22-12-4-1-5-13-22/h1-19,21H,20H2. The second-order valence-corrected chi connectivity index (χ2v) is 8.66. The average molecular weight is 476 g/mol. The molecule has 0 aliphatic heterocycles. The van der Waals surface area contributed by atoms with Crippen molar-refractivity contribution in [2.24, 2.45) is 0 Å². The van der Waals surface area contributed by atoms with Gasteiger partial charge < -0.3 is 4.57 Å². The molecule has 0 bridgehead atoms. The van der Waals surface area contributed by atoms with Gasteiger partial charge in [-0.25, -0.2) is 0 Å². The molecule has 5 aromatic rings. The summed E-state index contributed by atoms with van der Waals surface area (Å²) in [5.74, 6) is -0.420. The SMILES string of the molecule is O=C(c1ccccc1)c1cn(Cc2ccccc2)c(-c2ccccc2Cl)c1C(=O)c1ccccc1. The molecule has 0 amide bonds. The van der Waals surface area contributed by atoms with E-state index >= 15 is 0 Å². The van der Waals surface area contributed by atoms with Crippen molar-refractivity contribution in [3.8, 4) is 11.3 Å². The van der Waals surface area contributed by atoms with Crippen LogP contribution in [0.1, 0.15) is 37.4 Å². The zero-order chi connectivity index (χ0) is 24.2. The summed E-state index contributed by atoms with van der Waals surface area (Å²) in [5.41, 5.74) is 4.14. The molecule has 1 heterocycles. The Bertz CT molecular complexity index is 1490. The summed E-state index contributed by atoms with van der Waals surface area (Å²) < 4.78 is 1.96. The van der Waals surface area contributed by atoms with Gasteiger partial charge in [-0.3, -0.25) is 9.59 Å². The second kappa shape index (κ2) is 9.96. The van der Waals surface area contributed by atoms with Gasteiger partial charge in [0, 0.05) is 34.5 Å². The van der Waals surface area contributed by atoms with Crippen LogP contribution in [0.3, 0.4) is 0 Å². The van der Waals surface area contributed by atoms with Gasteiger partial charge in [-0.1, -0.05) is 121 Å². The number of aromatic nitrogens is 1. The summed E-state index contributed by atoms with van der Waals surface area (Å²) in [5, 5.41) is 0.515. The highest BCUT2D eigenvalue weighted by Gasteiger charge is 2.29. The highest BCUT2D eigenvalue weighted by Crippen LogP contribution is 2.36. The number of benzene rings is 4. The van der Waals surface area contributed by atoms with Crippen LogP contribution in [0.5, 0.6) is 0 Å². The molecule has 35 heavy (non-hydrogen) atoms. The van der Waals surface area contributed by atoms with Gasteiger partial charge in [-0.2, -0.15) is 0 Å². The lowest BCUT2D eigenvalue weighted by atomic mass is 9.93. The van der Waals surface area contributed by atoms with Crippen LogP contribution in [0.25, 0.3) is 11.3 Å². The van der Waals surface area contributed by atoms with Crippen molar-refractivity contribution in [2.45, 2.75) is 6.54 Å². The number of carbonyl (C=O) groups excluding carboxylic acids is 2. The molecule has 3 nitrogen and oxygen atoms in total. The minimum Gasteiger partial charge on any atom is -0.342 e.